The molecule has 0 bridgehead atoms. The van der Waals surface area contributed by atoms with Crippen molar-refractivity contribution in [3.63, 3.8) is 0 Å². The fraction of sp³-hybridized carbons (Fsp3) is 0.417. The summed E-state index contributed by atoms with van der Waals surface area (Å²) < 4.78 is 4.91. The van der Waals surface area contributed by atoms with Crippen molar-refractivity contribution in [2.24, 2.45) is 0 Å². The number of carbonyl (C=O) groups is 2. The number of amides is 1. The Morgan fingerprint density at radius 1 is 0.933 bits per heavy atom. The molecular weight excluding hydrogens is 378 g/mol. The zero-order valence-corrected chi connectivity index (χ0v) is 18.1. The van der Waals surface area contributed by atoms with Crippen molar-refractivity contribution in [2.75, 3.05) is 45.2 Å². The summed E-state index contributed by atoms with van der Waals surface area (Å²) >= 11 is 0. The maximum absolute atomic E-state index is 12.6. The van der Waals surface area contributed by atoms with E-state index >= 15 is 0 Å². The average molecular weight is 410 g/mol. The fourth-order valence-electron chi connectivity index (χ4n) is 3.94. The SMILES string of the molecule is COC(=O)c1ccccc1CN1CCCN(CC(=O)Nc2c(C)cccc2C)CC1. The van der Waals surface area contributed by atoms with Gasteiger partial charge in [0.1, 0.15) is 0 Å². The molecule has 0 aromatic heterocycles. The van der Waals surface area contributed by atoms with Crippen LogP contribution >= 0.6 is 0 Å². The largest absolute Gasteiger partial charge is 0.465 e. The monoisotopic (exact) mass is 409 g/mol. The Labute approximate surface area is 178 Å². The number of aryl methyl sites for hydroxylation is 2. The van der Waals surface area contributed by atoms with Gasteiger partial charge in [0.2, 0.25) is 5.91 Å². The lowest BCUT2D eigenvalue weighted by atomic mass is 10.1. The maximum atomic E-state index is 12.6. The molecule has 30 heavy (non-hydrogen) atoms. The van der Waals surface area contributed by atoms with E-state index in [2.05, 4.69) is 15.1 Å². The van der Waals surface area contributed by atoms with E-state index in [0.29, 0.717) is 18.7 Å². The fourth-order valence-corrected chi connectivity index (χ4v) is 3.94. The highest BCUT2D eigenvalue weighted by molar-refractivity contribution is 5.93. The van der Waals surface area contributed by atoms with Crippen molar-refractivity contribution in [3.8, 4) is 0 Å². The van der Waals surface area contributed by atoms with E-state index in [1.54, 1.807) is 0 Å². The molecule has 1 heterocycles. The minimum absolute atomic E-state index is 0.0249. The molecule has 1 amide bonds. The number of rotatable bonds is 6. The van der Waals surface area contributed by atoms with Crippen molar-refractivity contribution < 1.29 is 14.3 Å². The van der Waals surface area contributed by atoms with Crippen molar-refractivity contribution in [3.05, 3.63) is 64.7 Å². The third-order valence-corrected chi connectivity index (χ3v) is 5.61. The lowest BCUT2D eigenvalue weighted by molar-refractivity contribution is -0.117. The minimum Gasteiger partial charge on any atom is -0.465 e. The van der Waals surface area contributed by atoms with E-state index in [-0.39, 0.29) is 11.9 Å². The summed E-state index contributed by atoms with van der Waals surface area (Å²) in [5.74, 6) is -0.276. The first-order valence-corrected chi connectivity index (χ1v) is 10.4. The highest BCUT2D eigenvalue weighted by Gasteiger charge is 2.20. The van der Waals surface area contributed by atoms with Crippen molar-refractivity contribution >= 4 is 17.6 Å². The van der Waals surface area contributed by atoms with Crippen LogP contribution in [-0.4, -0.2) is 61.5 Å². The van der Waals surface area contributed by atoms with Crippen LogP contribution in [-0.2, 0) is 16.1 Å². The Kier molecular flexibility index (Phi) is 7.60. The second-order valence-corrected chi connectivity index (χ2v) is 7.87. The first-order valence-electron chi connectivity index (χ1n) is 10.4. The first-order chi connectivity index (χ1) is 14.5. The Hall–Kier alpha value is -2.70. The molecule has 0 radical (unpaired) electrons. The molecule has 2 aromatic rings. The van der Waals surface area contributed by atoms with E-state index in [1.165, 1.54) is 7.11 Å². The zero-order chi connectivity index (χ0) is 21.5. The van der Waals surface area contributed by atoms with Crippen LogP contribution in [0.3, 0.4) is 0 Å². The molecule has 3 rings (SSSR count). The molecule has 6 heteroatoms. The van der Waals surface area contributed by atoms with Gasteiger partial charge < -0.3 is 10.1 Å². The van der Waals surface area contributed by atoms with Crippen LogP contribution in [0.1, 0.15) is 33.5 Å². The summed E-state index contributed by atoms with van der Waals surface area (Å²) in [6, 6.07) is 13.6. The zero-order valence-electron chi connectivity index (χ0n) is 18.1. The predicted molar refractivity (Wildman–Crippen MR) is 119 cm³/mol. The number of carbonyl (C=O) groups excluding carboxylic acids is 2. The van der Waals surface area contributed by atoms with Gasteiger partial charge in [0.15, 0.2) is 0 Å². The highest BCUT2D eigenvalue weighted by Crippen LogP contribution is 2.19. The number of esters is 1. The number of hydrogen-bond donors (Lipinski definition) is 1. The molecule has 0 aliphatic carbocycles. The van der Waals surface area contributed by atoms with Gasteiger partial charge in [-0.2, -0.15) is 0 Å². The molecule has 6 nitrogen and oxygen atoms in total. The lowest BCUT2D eigenvalue weighted by Gasteiger charge is -2.22. The molecule has 1 N–H and O–H groups in total. The Bertz CT molecular complexity index is 877. The van der Waals surface area contributed by atoms with Gasteiger partial charge in [-0.05, 0) is 56.1 Å². The molecule has 1 fully saturated rings. The minimum atomic E-state index is -0.301. The number of hydrogen-bond acceptors (Lipinski definition) is 5. The summed E-state index contributed by atoms with van der Waals surface area (Å²) in [5, 5.41) is 3.08. The molecule has 1 aliphatic rings. The summed E-state index contributed by atoms with van der Waals surface area (Å²) in [6.45, 7) is 8.61. The summed E-state index contributed by atoms with van der Waals surface area (Å²) in [6.07, 6.45) is 0.983. The molecule has 0 unspecified atom stereocenters. The Morgan fingerprint density at radius 3 is 2.33 bits per heavy atom. The first kappa shape index (κ1) is 22.0. The van der Waals surface area contributed by atoms with Crippen molar-refractivity contribution in [1.29, 1.82) is 0 Å². The number of methoxy groups -OCH3 is 1. The van der Waals surface area contributed by atoms with Gasteiger partial charge in [0.25, 0.3) is 0 Å². The van der Waals surface area contributed by atoms with Crippen LogP contribution in [0.4, 0.5) is 5.69 Å². The number of anilines is 1. The van der Waals surface area contributed by atoms with E-state index < -0.39 is 0 Å². The molecule has 1 aliphatic heterocycles. The number of benzene rings is 2. The van der Waals surface area contributed by atoms with E-state index in [9.17, 15) is 9.59 Å². The van der Waals surface area contributed by atoms with Crippen molar-refractivity contribution in [1.82, 2.24) is 9.80 Å². The van der Waals surface area contributed by atoms with Crippen LogP contribution < -0.4 is 5.32 Å². The number of nitrogens with one attached hydrogen (secondary N) is 1. The van der Waals surface area contributed by atoms with Crippen LogP contribution in [0.5, 0.6) is 0 Å². The standard InChI is InChI=1S/C24H31N3O3/c1-18-8-6-9-19(2)23(18)25-22(28)17-27-13-7-12-26(14-15-27)16-20-10-4-5-11-21(20)24(29)30-3/h4-6,8-11H,7,12-17H2,1-3H3,(H,25,28). The number of ether oxygens (including phenoxy) is 1. The topological polar surface area (TPSA) is 61.9 Å². The third-order valence-electron chi connectivity index (χ3n) is 5.61. The molecule has 0 saturated carbocycles. The summed E-state index contributed by atoms with van der Waals surface area (Å²) in [7, 11) is 1.41. The predicted octanol–water partition coefficient (Wildman–Crippen LogP) is 3.24. The molecule has 160 valence electrons. The van der Waals surface area contributed by atoms with Gasteiger partial charge in [0.05, 0.1) is 19.2 Å². The maximum Gasteiger partial charge on any atom is 0.338 e. The van der Waals surface area contributed by atoms with Crippen LogP contribution in [0, 0.1) is 13.8 Å². The van der Waals surface area contributed by atoms with Gasteiger partial charge in [0, 0.05) is 25.3 Å². The van der Waals surface area contributed by atoms with Gasteiger partial charge in [-0.15, -0.1) is 0 Å². The van der Waals surface area contributed by atoms with Gasteiger partial charge >= 0.3 is 5.97 Å². The van der Waals surface area contributed by atoms with Crippen LogP contribution in [0.2, 0.25) is 0 Å². The Morgan fingerprint density at radius 2 is 1.60 bits per heavy atom. The van der Waals surface area contributed by atoms with Crippen molar-refractivity contribution in [2.45, 2.75) is 26.8 Å². The molecule has 1 saturated heterocycles. The smallest absolute Gasteiger partial charge is 0.338 e. The molecule has 0 atom stereocenters. The molecular formula is C24H31N3O3. The Balaban J connectivity index is 1.55. The number of nitrogens with zero attached hydrogens (tertiary/aromatic N) is 2. The molecule has 2 aromatic carbocycles. The van der Waals surface area contributed by atoms with Crippen LogP contribution in [0.25, 0.3) is 0 Å². The summed E-state index contributed by atoms with van der Waals surface area (Å²) in [5.41, 5.74) is 4.67. The normalized spacial score (nSPS) is 15.4. The van der Waals surface area contributed by atoms with E-state index in [1.807, 2.05) is 56.3 Å². The number of para-hydroxylation sites is 1. The molecule has 0 spiro atoms. The quantitative estimate of drug-likeness (QED) is 0.742. The van der Waals surface area contributed by atoms with E-state index in [4.69, 9.17) is 4.74 Å². The van der Waals surface area contributed by atoms with Gasteiger partial charge in [-0.25, -0.2) is 4.79 Å². The second-order valence-electron chi connectivity index (χ2n) is 7.87. The van der Waals surface area contributed by atoms with E-state index in [0.717, 1.165) is 55.0 Å². The lowest BCUT2D eigenvalue weighted by Crippen LogP contribution is -2.36. The van der Waals surface area contributed by atoms with Gasteiger partial charge in [-0.3, -0.25) is 14.6 Å². The second kappa shape index (κ2) is 10.4. The van der Waals surface area contributed by atoms with Crippen LogP contribution in [0.15, 0.2) is 42.5 Å². The third kappa shape index (κ3) is 5.68. The average Bonchev–Trinajstić information content (AvgIpc) is 2.95. The summed E-state index contributed by atoms with van der Waals surface area (Å²) in [4.78, 5) is 29.2. The van der Waals surface area contributed by atoms with Gasteiger partial charge in [-0.1, -0.05) is 36.4 Å². The highest BCUT2D eigenvalue weighted by atomic mass is 16.5.